The summed E-state index contributed by atoms with van der Waals surface area (Å²) in [5.41, 5.74) is 1.33. The quantitative estimate of drug-likeness (QED) is 0.812. The zero-order chi connectivity index (χ0) is 13.2. The Kier molecular flexibility index (Phi) is 6.07. The molecule has 0 atom stereocenters. The number of hydrogen-bond acceptors (Lipinski definition) is 5. The number of hydrogen-bond donors (Lipinski definition) is 1. The van der Waals surface area contributed by atoms with E-state index in [2.05, 4.69) is 14.7 Å². The van der Waals surface area contributed by atoms with Gasteiger partial charge in [0.25, 0.3) is 0 Å². The van der Waals surface area contributed by atoms with Gasteiger partial charge in [0.15, 0.2) is 0 Å². The lowest BCUT2D eigenvalue weighted by Crippen LogP contribution is -2.00. The van der Waals surface area contributed by atoms with Crippen LogP contribution in [0.15, 0.2) is 49.1 Å². The van der Waals surface area contributed by atoms with E-state index in [1.165, 1.54) is 13.3 Å². The minimum atomic E-state index is -0.354. The number of carbonyl (C=O) groups excluding carboxylic acids is 1. The second-order valence-electron chi connectivity index (χ2n) is 3.25. The van der Waals surface area contributed by atoms with Crippen molar-refractivity contribution in [3.63, 3.8) is 0 Å². The van der Waals surface area contributed by atoms with Crippen molar-refractivity contribution in [3.8, 4) is 0 Å². The molecular weight excluding hydrogens is 232 g/mol. The lowest BCUT2D eigenvalue weighted by Gasteiger charge is -1.94. The van der Waals surface area contributed by atoms with E-state index >= 15 is 0 Å². The van der Waals surface area contributed by atoms with E-state index < -0.39 is 0 Å². The summed E-state index contributed by atoms with van der Waals surface area (Å²) in [6, 6.07) is 6.96. The average Bonchev–Trinajstić information content (AvgIpc) is 2.49. The number of aliphatic hydroxyl groups excluding tert-OH is 1. The van der Waals surface area contributed by atoms with Crippen LogP contribution in [0.2, 0.25) is 0 Å². The molecule has 0 radical (unpaired) electrons. The highest BCUT2D eigenvalue weighted by Crippen LogP contribution is 1.96. The number of esters is 1. The van der Waals surface area contributed by atoms with E-state index in [9.17, 15) is 4.79 Å². The molecule has 18 heavy (non-hydrogen) atoms. The van der Waals surface area contributed by atoms with Crippen LogP contribution in [0, 0.1) is 0 Å². The Balaban J connectivity index is 0.000000184. The summed E-state index contributed by atoms with van der Waals surface area (Å²) in [5.74, 6) is -0.354. The predicted octanol–water partition coefficient (Wildman–Crippen LogP) is 1.44. The van der Waals surface area contributed by atoms with Gasteiger partial charge in [-0.2, -0.15) is 0 Å². The third-order valence-corrected chi connectivity index (χ3v) is 1.99. The number of ether oxygens (including phenoxy) is 1. The maximum absolute atomic E-state index is 10.8. The molecule has 0 saturated carbocycles. The van der Waals surface area contributed by atoms with Crippen molar-refractivity contribution in [1.29, 1.82) is 0 Å². The summed E-state index contributed by atoms with van der Waals surface area (Å²) in [7, 11) is 1.34. The molecule has 0 aromatic carbocycles. The number of rotatable bonds is 2. The number of aromatic nitrogens is 2. The van der Waals surface area contributed by atoms with Gasteiger partial charge in [-0.3, -0.25) is 9.97 Å². The number of carbonyl (C=O) groups is 1. The second kappa shape index (κ2) is 7.92. The topological polar surface area (TPSA) is 72.3 Å². The highest BCUT2D eigenvalue weighted by molar-refractivity contribution is 5.88. The molecule has 0 saturated heterocycles. The summed E-state index contributed by atoms with van der Waals surface area (Å²) in [6.07, 6.45) is 6.39. The molecule has 0 amide bonds. The van der Waals surface area contributed by atoms with Crippen LogP contribution < -0.4 is 0 Å². The van der Waals surface area contributed by atoms with Crippen molar-refractivity contribution in [3.05, 3.63) is 60.2 Å². The molecule has 2 rings (SSSR count). The largest absolute Gasteiger partial charge is 0.465 e. The SMILES string of the molecule is COC(=O)c1cccnc1.OCc1cccnc1. The molecule has 2 aromatic heterocycles. The first-order valence-corrected chi connectivity index (χ1v) is 5.26. The zero-order valence-corrected chi connectivity index (χ0v) is 9.98. The minimum Gasteiger partial charge on any atom is -0.465 e. The number of pyridine rings is 2. The minimum absolute atomic E-state index is 0.0772. The third kappa shape index (κ3) is 4.71. The van der Waals surface area contributed by atoms with Gasteiger partial charge in [-0.15, -0.1) is 0 Å². The van der Waals surface area contributed by atoms with Crippen LogP contribution in [0.4, 0.5) is 0 Å². The summed E-state index contributed by atoms with van der Waals surface area (Å²) in [4.78, 5) is 18.3. The van der Waals surface area contributed by atoms with Crippen molar-refractivity contribution in [1.82, 2.24) is 9.97 Å². The van der Waals surface area contributed by atoms with Crippen molar-refractivity contribution >= 4 is 5.97 Å². The summed E-state index contributed by atoms with van der Waals surface area (Å²) >= 11 is 0. The lowest BCUT2D eigenvalue weighted by atomic mass is 10.3. The molecule has 2 heterocycles. The molecule has 0 aliphatic heterocycles. The van der Waals surface area contributed by atoms with Crippen LogP contribution in [0.3, 0.4) is 0 Å². The van der Waals surface area contributed by atoms with Gasteiger partial charge in [0.05, 0.1) is 19.3 Å². The van der Waals surface area contributed by atoms with Crippen molar-refractivity contribution in [2.45, 2.75) is 6.61 Å². The zero-order valence-electron chi connectivity index (χ0n) is 9.98. The molecule has 0 aliphatic rings. The van der Waals surface area contributed by atoms with Gasteiger partial charge in [-0.25, -0.2) is 4.79 Å². The molecule has 94 valence electrons. The Morgan fingerprint density at radius 1 is 1.22 bits per heavy atom. The van der Waals surface area contributed by atoms with Crippen LogP contribution in [0.5, 0.6) is 0 Å². The summed E-state index contributed by atoms with van der Waals surface area (Å²) in [5, 5.41) is 8.50. The van der Waals surface area contributed by atoms with Crippen molar-refractivity contribution in [2.75, 3.05) is 7.11 Å². The van der Waals surface area contributed by atoms with E-state index in [1.807, 2.05) is 6.07 Å². The molecule has 2 aromatic rings. The normalized spacial score (nSPS) is 9.00. The van der Waals surface area contributed by atoms with Gasteiger partial charge in [-0.1, -0.05) is 6.07 Å². The van der Waals surface area contributed by atoms with Crippen LogP contribution in [-0.4, -0.2) is 28.2 Å². The first kappa shape index (κ1) is 13.8. The average molecular weight is 246 g/mol. The number of nitrogens with zero attached hydrogens (tertiary/aromatic N) is 2. The molecule has 5 heteroatoms. The van der Waals surface area contributed by atoms with Gasteiger partial charge in [0.2, 0.25) is 0 Å². The maximum atomic E-state index is 10.8. The molecule has 1 N–H and O–H groups in total. The van der Waals surface area contributed by atoms with E-state index in [4.69, 9.17) is 5.11 Å². The van der Waals surface area contributed by atoms with Gasteiger partial charge in [0, 0.05) is 24.8 Å². The molecule has 0 fully saturated rings. The standard InChI is InChI=1S/C7H7NO2.C6H7NO/c1-10-7(9)6-3-2-4-8-5-6;8-5-6-2-1-3-7-4-6/h2-5H,1H3;1-4,8H,5H2. The van der Waals surface area contributed by atoms with E-state index in [0.29, 0.717) is 5.56 Å². The Bertz CT molecular complexity index is 460. The van der Waals surface area contributed by atoms with Crippen LogP contribution in [-0.2, 0) is 11.3 Å². The molecular formula is C13H14N2O3. The fourth-order valence-corrected chi connectivity index (χ4v) is 1.09. The Hall–Kier alpha value is -2.27. The predicted molar refractivity (Wildman–Crippen MR) is 65.7 cm³/mol. The first-order valence-electron chi connectivity index (χ1n) is 5.26. The second-order valence-corrected chi connectivity index (χ2v) is 3.25. The molecule has 5 nitrogen and oxygen atoms in total. The van der Waals surface area contributed by atoms with Gasteiger partial charge in [0.1, 0.15) is 0 Å². The monoisotopic (exact) mass is 246 g/mol. The van der Waals surface area contributed by atoms with E-state index in [-0.39, 0.29) is 12.6 Å². The van der Waals surface area contributed by atoms with Gasteiger partial charge in [-0.05, 0) is 23.8 Å². The van der Waals surface area contributed by atoms with E-state index in [1.54, 1.807) is 36.8 Å². The fourth-order valence-electron chi connectivity index (χ4n) is 1.09. The van der Waals surface area contributed by atoms with Crippen LogP contribution in [0.25, 0.3) is 0 Å². The summed E-state index contributed by atoms with van der Waals surface area (Å²) in [6.45, 7) is 0.0772. The molecule has 0 aliphatic carbocycles. The maximum Gasteiger partial charge on any atom is 0.339 e. The number of methoxy groups -OCH3 is 1. The first-order chi connectivity index (χ1) is 8.77. The Morgan fingerprint density at radius 3 is 2.28 bits per heavy atom. The number of aliphatic hydroxyl groups is 1. The molecule has 0 unspecified atom stereocenters. The Morgan fingerprint density at radius 2 is 1.89 bits per heavy atom. The molecule has 0 spiro atoms. The van der Waals surface area contributed by atoms with Crippen molar-refractivity contribution < 1.29 is 14.6 Å². The van der Waals surface area contributed by atoms with Gasteiger partial charge < -0.3 is 9.84 Å². The Labute approximate surface area is 105 Å². The highest BCUT2D eigenvalue weighted by atomic mass is 16.5. The van der Waals surface area contributed by atoms with Gasteiger partial charge >= 0.3 is 5.97 Å². The van der Waals surface area contributed by atoms with Crippen molar-refractivity contribution in [2.24, 2.45) is 0 Å². The van der Waals surface area contributed by atoms with Crippen LogP contribution >= 0.6 is 0 Å². The fraction of sp³-hybridized carbons (Fsp3) is 0.154. The third-order valence-electron chi connectivity index (χ3n) is 1.99. The highest BCUT2D eigenvalue weighted by Gasteiger charge is 2.01. The smallest absolute Gasteiger partial charge is 0.339 e. The summed E-state index contributed by atoms with van der Waals surface area (Å²) < 4.78 is 4.46. The van der Waals surface area contributed by atoms with E-state index in [0.717, 1.165) is 5.56 Å². The van der Waals surface area contributed by atoms with Crippen LogP contribution in [0.1, 0.15) is 15.9 Å². The lowest BCUT2D eigenvalue weighted by molar-refractivity contribution is 0.0600. The molecule has 0 bridgehead atoms.